The molecule has 0 atom stereocenters. The van der Waals surface area contributed by atoms with Crippen LogP contribution in [0.2, 0.25) is 0 Å². The lowest BCUT2D eigenvalue weighted by atomic mass is 10.1. The van der Waals surface area contributed by atoms with Crippen LogP contribution in [0.4, 0.5) is 5.69 Å². The van der Waals surface area contributed by atoms with Crippen molar-refractivity contribution in [1.29, 1.82) is 0 Å². The number of ketones is 1. The van der Waals surface area contributed by atoms with E-state index in [1.54, 1.807) is 6.92 Å². The molecule has 0 unspecified atom stereocenters. The number of unbranched alkanes of at least 4 members (excludes halogenated alkanes) is 2. The van der Waals surface area contributed by atoms with Crippen molar-refractivity contribution in [2.24, 2.45) is 0 Å². The van der Waals surface area contributed by atoms with Crippen molar-refractivity contribution in [3.05, 3.63) is 28.2 Å². The molecule has 0 heterocycles. The van der Waals surface area contributed by atoms with Crippen LogP contribution >= 0.6 is 15.9 Å². The number of hydrogen-bond acceptors (Lipinski definition) is 2. The molecule has 0 fully saturated rings. The minimum absolute atomic E-state index is 0.123. The Labute approximate surface area is 125 Å². The van der Waals surface area contributed by atoms with Crippen LogP contribution in [-0.2, 0) is 0 Å². The van der Waals surface area contributed by atoms with Gasteiger partial charge in [-0.15, -0.1) is 0 Å². The molecule has 0 spiro atoms. The van der Waals surface area contributed by atoms with Gasteiger partial charge in [0.1, 0.15) is 0 Å². The number of halogens is 1. The Bertz CT molecular complexity index is 429. The van der Waals surface area contributed by atoms with Crippen LogP contribution in [-0.4, -0.2) is 18.4 Å². The van der Waals surface area contributed by atoms with Gasteiger partial charge in [-0.25, -0.2) is 0 Å². The number of carbonyl (C=O) groups excluding carboxylic acids is 1. The van der Waals surface area contributed by atoms with E-state index in [1.165, 1.54) is 19.3 Å². The molecule has 0 bridgehead atoms. The van der Waals surface area contributed by atoms with E-state index < -0.39 is 0 Å². The molecule has 0 amide bonds. The summed E-state index contributed by atoms with van der Waals surface area (Å²) in [7, 11) is 0. The Hall–Kier alpha value is -0.830. The Balaban J connectivity index is 3.04. The maximum atomic E-state index is 11.8. The molecule has 0 saturated heterocycles. The number of hydrogen-bond donors (Lipinski definition) is 0. The number of Topliss-reactive ketones (excluding diaryl/α,β-unsaturated/α-hetero) is 1. The third-order valence-corrected chi connectivity index (χ3v) is 3.77. The summed E-state index contributed by atoms with van der Waals surface area (Å²) in [5, 5.41) is 0. The van der Waals surface area contributed by atoms with Crippen molar-refractivity contribution in [1.82, 2.24) is 0 Å². The summed E-state index contributed by atoms with van der Waals surface area (Å²) in [5.74, 6) is 0.123. The highest BCUT2D eigenvalue weighted by atomic mass is 79.9. The molecule has 0 radical (unpaired) electrons. The van der Waals surface area contributed by atoms with E-state index in [-0.39, 0.29) is 5.78 Å². The summed E-state index contributed by atoms with van der Waals surface area (Å²) in [5.41, 5.74) is 1.86. The first-order chi connectivity index (χ1) is 8.97. The number of rotatable bonds is 7. The van der Waals surface area contributed by atoms with Crippen LogP contribution in [0.1, 0.15) is 57.3 Å². The average Bonchev–Trinajstić information content (AvgIpc) is 2.35. The van der Waals surface area contributed by atoms with E-state index in [2.05, 4.69) is 41.6 Å². The minimum Gasteiger partial charge on any atom is -0.369 e. The van der Waals surface area contributed by atoms with Gasteiger partial charge in [0.2, 0.25) is 0 Å². The predicted octanol–water partition coefficient (Wildman–Crippen LogP) is 5.06. The summed E-state index contributed by atoms with van der Waals surface area (Å²) in [6.45, 7) is 9.21. The fraction of sp³-hybridized carbons (Fsp3) is 0.562. The van der Waals surface area contributed by atoms with Crippen molar-refractivity contribution in [3.8, 4) is 0 Å². The van der Waals surface area contributed by atoms with Crippen LogP contribution in [0.5, 0.6) is 0 Å². The fourth-order valence-electron chi connectivity index (χ4n) is 2.23. The molecule has 1 aromatic rings. The lowest BCUT2D eigenvalue weighted by molar-refractivity contribution is 0.101. The van der Waals surface area contributed by atoms with Crippen LogP contribution in [0, 0.1) is 0 Å². The zero-order valence-electron chi connectivity index (χ0n) is 12.4. The molecule has 106 valence electrons. The van der Waals surface area contributed by atoms with Crippen molar-refractivity contribution in [2.45, 2.75) is 53.0 Å². The van der Waals surface area contributed by atoms with E-state index in [0.717, 1.165) is 22.3 Å². The molecular formula is C16H24BrNO. The van der Waals surface area contributed by atoms with Gasteiger partial charge in [-0.05, 0) is 45.4 Å². The highest BCUT2D eigenvalue weighted by Crippen LogP contribution is 2.27. The first-order valence-electron chi connectivity index (χ1n) is 7.04. The maximum Gasteiger partial charge on any atom is 0.161 e. The van der Waals surface area contributed by atoms with Crippen LogP contribution < -0.4 is 4.90 Å². The smallest absolute Gasteiger partial charge is 0.161 e. The van der Waals surface area contributed by atoms with Crippen molar-refractivity contribution >= 4 is 27.4 Å². The number of nitrogens with zero attached hydrogens (tertiary/aromatic N) is 1. The van der Waals surface area contributed by atoms with Gasteiger partial charge in [0.25, 0.3) is 0 Å². The predicted molar refractivity (Wildman–Crippen MR) is 86.2 cm³/mol. The monoisotopic (exact) mass is 325 g/mol. The molecule has 0 aliphatic rings. The molecular weight excluding hydrogens is 302 g/mol. The van der Waals surface area contributed by atoms with Gasteiger partial charge < -0.3 is 4.90 Å². The second-order valence-corrected chi connectivity index (χ2v) is 6.13. The zero-order valence-corrected chi connectivity index (χ0v) is 14.0. The second kappa shape index (κ2) is 7.68. The van der Waals surface area contributed by atoms with Crippen molar-refractivity contribution < 1.29 is 4.79 Å². The average molecular weight is 326 g/mol. The van der Waals surface area contributed by atoms with E-state index in [0.29, 0.717) is 6.04 Å². The van der Waals surface area contributed by atoms with Gasteiger partial charge in [0.05, 0.1) is 0 Å². The van der Waals surface area contributed by atoms with Gasteiger partial charge in [-0.2, -0.15) is 0 Å². The Kier molecular flexibility index (Phi) is 6.56. The lowest BCUT2D eigenvalue weighted by Gasteiger charge is -2.30. The van der Waals surface area contributed by atoms with Gasteiger partial charge in [-0.1, -0.05) is 35.7 Å². The molecule has 2 nitrogen and oxygen atoms in total. The number of carbonyl (C=O) groups is 1. The molecule has 0 saturated carbocycles. The van der Waals surface area contributed by atoms with Crippen LogP contribution in [0.25, 0.3) is 0 Å². The summed E-state index contributed by atoms with van der Waals surface area (Å²) in [6, 6.07) is 6.38. The van der Waals surface area contributed by atoms with Gasteiger partial charge >= 0.3 is 0 Å². The quantitative estimate of drug-likeness (QED) is 0.516. The second-order valence-electron chi connectivity index (χ2n) is 5.21. The number of anilines is 1. The van der Waals surface area contributed by atoms with E-state index in [9.17, 15) is 4.79 Å². The number of benzene rings is 1. The molecule has 1 rings (SSSR count). The topological polar surface area (TPSA) is 20.3 Å². The first-order valence-corrected chi connectivity index (χ1v) is 7.83. The molecule has 0 aliphatic carbocycles. The molecule has 0 aromatic heterocycles. The zero-order chi connectivity index (χ0) is 14.4. The molecule has 0 N–H and O–H groups in total. The molecule has 0 aliphatic heterocycles. The van der Waals surface area contributed by atoms with E-state index in [1.807, 2.05) is 18.2 Å². The summed E-state index contributed by atoms with van der Waals surface area (Å²) < 4.78 is 0.957. The van der Waals surface area contributed by atoms with E-state index in [4.69, 9.17) is 0 Å². The van der Waals surface area contributed by atoms with Crippen molar-refractivity contribution in [2.75, 3.05) is 11.4 Å². The minimum atomic E-state index is 0.123. The third kappa shape index (κ3) is 4.64. The highest BCUT2D eigenvalue weighted by Gasteiger charge is 2.16. The Morgan fingerprint density at radius 3 is 2.53 bits per heavy atom. The van der Waals surface area contributed by atoms with Gasteiger partial charge in [-0.3, -0.25) is 4.79 Å². The first kappa shape index (κ1) is 16.2. The van der Waals surface area contributed by atoms with Gasteiger partial charge in [0.15, 0.2) is 5.78 Å². The fourth-order valence-corrected chi connectivity index (χ4v) is 2.59. The largest absolute Gasteiger partial charge is 0.369 e. The summed E-state index contributed by atoms with van der Waals surface area (Å²) in [4.78, 5) is 14.2. The maximum absolute atomic E-state index is 11.8. The Morgan fingerprint density at radius 1 is 1.32 bits per heavy atom. The third-order valence-electron chi connectivity index (χ3n) is 3.27. The normalized spacial score (nSPS) is 10.8. The standard InChI is InChI=1S/C16H24BrNO/c1-5-6-7-10-18(12(2)3)16-9-8-14(17)11-15(16)13(4)19/h8-9,11-12H,5-7,10H2,1-4H3. The lowest BCUT2D eigenvalue weighted by Crippen LogP contribution is -2.33. The molecule has 19 heavy (non-hydrogen) atoms. The SMILES string of the molecule is CCCCCN(c1ccc(Br)cc1C(C)=O)C(C)C. The summed E-state index contributed by atoms with van der Waals surface area (Å²) in [6.07, 6.45) is 3.61. The van der Waals surface area contributed by atoms with Crippen LogP contribution in [0.15, 0.2) is 22.7 Å². The molecule has 1 aromatic carbocycles. The van der Waals surface area contributed by atoms with Crippen LogP contribution in [0.3, 0.4) is 0 Å². The molecule has 3 heteroatoms. The Morgan fingerprint density at radius 2 is 2.00 bits per heavy atom. The van der Waals surface area contributed by atoms with Gasteiger partial charge in [0, 0.05) is 28.3 Å². The summed E-state index contributed by atoms with van der Waals surface area (Å²) >= 11 is 3.44. The van der Waals surface area contributed by atoms with Crippen molar-refractivity contribution in [3.63, 3.8) is 0 Å². The highest BCUT2D eigenvalue weighted by molar-refractivity contribution is 9.10. The van der Waals surface area contributed by atoms with E-state index >= 15 is 0 Å².